The molecule has 3 unspecified atom stereocenters. The summed E-state index contributed by atoms with van der Waals surface area (Å²) in [6.07, 6.45) is 37.6. The van der Waals surface area contributed by atoms with Crippen LogP contribution in [-0.4, -0.2) is 19.8 Å². The fourth-order valence-corrected chi connectivity index (χ4v) is 6.17. The van der Waals surface area contributed by atoms with Gasteiger partial charge in [0.1, 0.15) is 24.8 Å². The zero-order valence-electron chi connectivity index (χ0n) is 31.9. The molecule has 49 heavy (non-hydrogen) atoms. The van der Waals surface area contributed by atoms with Gasteiger partial charge in [0.15, 0.2) is 0 Å². The summed E-state index contributed by atoms with van der Waals surface area (Å²) in [5, 5.41) is 0. The van der Waals surface area contributed by atoms with Crippen molar-refractivity contribution in [3.63, 3.8) is 0 Å². The summed E-state index contributed by atoms with van der Waals surface area (Å²) < 4.78 is 43.8. The van der Waals surface area contributed by atoms with E-state index in [9.17, 15) is 28.4 Å². The molecule has 0 saturated carbocycles. The zero-order chi connectivity index (χ0) is 36.2. The molecule has 0 spiro atoms. The molecule has 0 saturated heterocycles. The first-order chi connectivity index (χ1) is 23.3. The van der Waals surface area contributed by atoms with Crippen LogP contribution in [0.2, 0.25) is 0 Å². The number of rotatable bonds is 36. The van der Waals surface area contributed by atoms with Crippen molar-refractivity contribution in [3.8, 4) is 0 Å². The van der Waals surface area contributed by atoms with Gasteiger partial charge in [0.25, 0.3) is 0 Å². The largest absolute Gasteiger partial charge is 3.00 e. The molecule has 0 aromatic rings. The molecule has 0 heterocycles. The Bertz CT molecular complexity index is 580. The second kappa shape index (κ2) is 53.3. The predicted octanol–water partition coefficient (Wildman–Crippen LogP) is 11.0. The Hall–Kier alpha value is 0.982. The van der Waals surface area contributed by atoms with Crippen molar-refractivity contribution in [3.05, 3.63) is 0 Å². The molecular formula is C36H78CrO9P3. The van der Waals surface area contributed by atoms with E-state index < -0.39 is 24.8 Å². The minimum Gasteiger partial charge on any atom is -0.781 e. The summed E-state index contributed by atoms with van der Waals surface area (Å²) in [6, 6.07) is 0. The van der Waals surface area contributed by atoms with Gasteiger partial charge in [-0.15, -0.1) is 0 Å². The van der Waals surface area contributed by atoms with Crippen LogP contribution in [0.4, 0.5) is 0 Å². The van der Waals surface area contributed by atoms with Gasteiger partial charge in [0, 0.05) is 0 Å². The maximum atomic E-state index is 10.1. The minimum absolute atomic E-state index is 0. The first-order valence-electron chi connectivity index (χ1n) is 19.8. The van der Waals surface area contributed by atoms with Crippen LogP contribution < -0.4 is 14.7 Å². The van der Waals surface area contributed by atoms with Gasteiger partial charge in [-0.2, -0.15) is 0 Å². The van der Waals surface area contributed by atoms with E-state index >= 15 is 0 Å². The Morgan fingerprint density at radius 3 is 0.592 bits per heavy atom. The van der Waals surface area contributed by atoms with Crippen molar-refractivity contribution in [2.24, 2.45) is 0 Å². The summed E-state index contributed by atoms with van der Waals surface area (Å²) in [7, 11) is -8.83. The third kappa shape index (κ3) is 67.6. The van der Waals surface area contributed by atoms with Crippen LogP contribution in [0.1, 0.15) is 213 Å². The molecule has 0 bridgehead atoms. The predicted molar refractivity (Wildman–Crippen MR) is 200 cm³/mol. The van der Waals surface area contributed by atoms with Crippen molar-refractivity contribution in [2.75, 3.05) is 19.8 Å². The van der Waals surface area contributed by atoms with Crippen LogP contribution in [0.25, 0.3) is 0 Å². The van der Waals surface area contributed by atoms with Crippen molar-refractivity contribution in [2.45, 2.75) is 213 Å². The van der Waals surface area contributed by atoms with Gasteiger partial charge in [-0.25, -0.2) is 0 Å². The molecule has 0 aromatic heterocycles. The van der Waals surface area contributed by atoms with Gasteiger partial charge in [-0.3, -0.25) is 0 Å². The van der Waals surface area contributed by atoms with Gasteiger partial charge in [0.05, 0.1) is 19.8 Å². The standard InChI is InChI=1S/3C12H27O3P.Cr/c3*1-2-3-4-5-6-7-8-9-10-11-12-15-16(13)14;/h3*16H,2-12H2,1H3,(H,13,14);/q;;;+3/p-3. The Kier molecular flexibility index (Phi) is 61.7. The molecule has 3 atom stereocenters. The second-order valence-electron chi connectivity index (χ2n) is 12.8. The summed E-state index contributed by atoms with van der Waals surface area (Å²) in [5.74, 6) is 0. The van der Waals surface area contributed by atoms with Crippen LogP contribution >= 0.6 is 24.8 Å². The Morgan fingerprint density at radius 2 is 0.449 bits per heavy atom. The zero-order valence-corrected chi connectivity index (χ0v) is 36.2. The van der Waals surface area contributed by atoms with Crippen LogP contribution in [0.3, 0.4) is 0 Å². The summed E-state index contributed by atoms with van der Waals surface area (Å²) in [5.41, 5.74) is 0. The third-order valence-electron chi connectivity index (χ3n) is 8.15. The maximum absolute atomic E-state index is 10.1. The van der Waals surface area contributed by atoms with Gasteiger partial charge in [-0.1, -0.05) is 194 Å². The first-order valence-corrected chi connectivity index (χ1v) is 23.5. The van der Waals surface area contributed by atoms with E-state index in [1.807, 2.05) is 0 Å². The van der Waals surface area contributed by atoms with Gasteiger partial charge < -0.3 is 41.9 Å². The van der Waals surface area contributed by atoms with E-state index in [4.69, 9.17) is 0 Å². The number of hydrogen-bond donors (Lipinski definition) is 0. The Morgan fingerprint density at radius 1 is 0.306 bits per heavy atom. The molecule has 0 aliphatic carbocycles. The third-order valence-corrected chi connectivity index (χ3v) is 9.47. The average Bonchev–Trinajstić information content (AvgIpc) is 3.05. The SMILES string of the molecule is CCCCCCCCCCCCO[PH](=O)[O-].CCCCCCCCCCCCO[PH](=O)[O-].CCCCCCCCCCCCO[PH](=O)[O-].[Cr+3]. The number of unbranched alkanes of at least 4 members (excludes halogenated alkanes) is 27. The van der Waals surface area contributed by atoms with Crippen molar-refractivity contribution < 1.29 is 59.3 Å². The summed E-state index contributed by atoms with van der Waals surface area (Å²) in [6.45, 7) is 7.82. The average molecular weight is 800 g/mol. The van der Waals surface area contributed by atoms with Gasteiger partial charge in [-0.05, 0) is 19.3 Å². The monoisotopic (exact) mass is 799 g/mol. The van der Waals surface area contributed by atoms with E-state index in [0.717, 1.165) is 38.5 Å². The first kappa shape index (κ1) is 56.7. The number of hydrogen-bond acceptors (Lipinski definition) is 9. The topological polar surface area (TPSA) is 148 Å². The smallest absolute Gasteiger partial charge is 0.781 e. The molecular weight excluding hydrogens is 721 g/mol. The molecule has 13 heteroatoms. The van der Waals surface area contributed by atoms with Crippen LogP contribution in [0, 0.1) is 0 Å². The Labute approximate surface area is 316 Å². The maximum Gasteiger partial charge on any atom is 3.00 e. The molecule has 297 valence electrons. The molecule has 0 N–H and O–H groups in total. The molecule has 0 aromatic carbocycles. The quantitative estimate of drug-likeness (QED) is 0.0446. The van der Waals surface area contributed by atoms with E-state index in [-0.39, 0.29) is 17.4 Å². The van der Waals surface area contributed by atoms with Crippen LogP contribution in [0.5, 0.6) is 0 Å². The van der Waals surface area contributed by atoms with Crippen molar-refractivity contribution in [1.29, 1.82) is 0 Å². The molecule has 0 fully saturated rings. The molecule has 0 rings (SSSR count). The van der Waals surface area contributed by atoms with Gasteiger partial charge in [0.2, 0.25) is 0 Å². The molecule has 0 aliphatic rings. The normalized spacial score (nSPS) is 12.6. The van der Waals surface area contributed by atoms with Crippen molar-refractivity contribution >= 4 is 24.8 Å². The molecule has 1 radical (unpaired) electrons. The summed E-state index contributed by atoms with van der Waals surface area (Å²) in [4.78, 5) is 30.3. The summed E-state index contributed by atoms with van der Waals surface area (Å²) >= 11 is 0. The fraction of sp³-hybridized carbons (Fsp3) is 1.00. The minimum atomic E-state index is -2.94. The molecule has 9 nitrogen and oxygen atoms in total. The fourth-order valence-electron chi connectivity index (χ4n) is 5.24. The van der Waals surface area contributed by atoms with Gasteiger partial charge >= 0.3 is 17.4 Å². The van der Waals surface area contributed by atoms with Crippen molar-refractivity contribution in [1.82, 2.24) is 0 Å². The van der Waals surface area contributed by atoms with E-state index in [1.165, 1.54) is 154 Å². The molecule has 0 aliphatic heterocycles. The molecule has 0 amide bonds. The van der Waals surface area contributed by atoms with Crippen LogP contribution in [0.15, 0.2) is 0 Å². The van der Waals surface area contributed by atoms with E-state index in [0.29, 0.717) is 19.8 Å². The second-order valence-corrected chi connectivity index (χ2v) is 15.2. The van der Waals surface area contributed by atoms with Crippen LogP contribution in [-0.2, 0) is 44.6 Å². The van der Waals surface area contributed by atoms with E-state index in [2.05, 4.69) is 34.3 Å². The van der Waals surface area contributed by atoms with E-state index in [1.54, 1.807) is 0 Å². The Balaban J connectivity index is -0.000000307.